The first-order valence-corrected chi connectivity index (χ1v) is 11.8. The summed E-state index contributed by atoms with van der Waals surface area (Å²) in [5.74, 6) is -0.293. The van der Waals surface area contributed by atoms with E-state index in [9.17, 15) is 4.79 Å². The molecule has 0 heterocycles. The predicted octanol–water partition coefficient (Wildman–Crippen LogP) is 5.59. The lowest BCUT2D eigenvalue weighted by Gasteiger charge is -2.39. The molecule has 0 spiro atoms. The summed E-state index contributed by atoms with van der Waals surface area (Å²) in [5, 5.41) is 0. The Bertz CT molecular complexity index is 323. The van der Waals surface area contributed by atoms with Crippen LogP contribution in [0.3, 0.4) is 0 Å². The van der Waals surface area contributed by atoms with Gasteiger partial charge >= 0.3 is 14.5 Å². The molecule has 4 nitrogen and oxygen atoms in total. The number of rotatable bonds is 14. The van der Waals surface area contributed by atoms with Gasteiger partial charge in [-0.1, -0.05) is 66.7 Å². The highest BCUT2D eigenvalue weighted by Crippen LogP contribution is 2.36. The average Bonchev–Trinajstić information content (AvgIpc) is 2.52. The Hall–Kier alpha value is -0.393. The Morgan fingerprint density at radius 1 is 0.875 bits per heavy atom. The maximum atomic E-state index is 12.0. The average molecular weight is 361 g/mol. The largest absolute Gasteiger partial charge is 0.464 e. The zero-order valence-corrected chi connectivity index (χ0v) is 18.0. The smallest absolute Gasteiger partial charge is 0.344 e. The predicted molar refractivity (Wildman–Crippen MR) is 102 cm³/mol. The Labute approximate surface area is 150 Å². The van der Waals surface area contributed by atoms with Gasteiger partial charge < -0.3 is 13.6 Å². The summed E-state index contributed by atoms with van der Waals surface area (Å²) in [6, 6.07) is 0. The molecule has 0 radical (unpaired) electrons. The Kier molecular flexibility index (Phi) is 12.7. The third kappa shape index (κ3) is 8.12. The number of hydrogen-bond acceptors (Lipinski definition) is 4. The Balaban J connectivity index is 4.64. The summed E-state index contributed by atoms with van der Waals surface area (Å²) in [5.41, 5.74) is 0.573. The van der Waals surface area contributed by atoms with Crippen LogP contribution in [0.4, 0.5) is 0 Å². The molecule has 0 aliphatic carbocycles. The summed E-state index contributed by atoms with van der Waals surface area (Å²) in [4.78, 5) is 12.0. The fourth-order valence-electron chi connectivity index (χ4n) is 3.00. The van der Waals surface area contributed by atoms with Crippen molar-refractivity contribution in [3.05, 3.63) is 0 Å². The summed E-state index contributed by atoms with van der Waals surface area (Å²) in [6.07, 6.45) is 6.87. The second-order valence-corrected chi connectivity index (χ2v) is 11.4. The molecule has 0 bridgehead atoms. The van der Waals surface area contributed by atoms with Crippen LogP contribution in [0.15, 0.2) is 0 Å². The van der Waals surface area contributed by atoms with Crippen LogP contribution in [0.5, 0.6) is 0 Å². The lowest BCUT2D eigenvalue weighted by Crippen LogP contribution is -2.51. The van der Waals surface area contributed by atoms with Gasteiger partial charge in [-0.2, -0.15) is 0 Å². The quantitative estimate of drug-likeness (QED) is 0.230. The number of hydrogen-bond donors (Lipinski definition) is 0. The lowest BCUT2D eigenvalue weighted by molar-refractivity contribution is -0.152. The van der Waals surface area contributed by atoms with E-state index in [1.54, 1.807) is 6.92 Å². The molecule has 5 heteroatoms. The summed E-state index contributed by atoms with van der Waals surface area (Å²) in [7, 11) is -2.48. The van der Waals surface area contributed by atoms with Gasteiger partial charge in [0, 0.05) is 6.61 Å². The van der Waals surface area contributed by atoms with Gasteiger partial charge in [-0.05, 0) is 31.4 Å². The van der Waals surface area contributed by atoms with Crippen LogP contribution in [0.2, 0.25) is 11.1 Å². The maximum Gasteiger partial charge on any atom is 0.344 e. The molecule has 0 fully saturated rings. The van der Waals surface area contributed by atoms with E-state index in [2.05, 4.69) is 34.6 Å². The molecule has 0 unspecified atom stereocenters. The SMILES string of the molecule is CCCCCCCCO[Si](O[C@@H](C)C(=O)OCC)(C(C)C)C(C)C. The van der Waals surface area contributed by atoms with E-state index in [0.29, 0.717) is 6.61 Å². The molecule has 24 heavy (non-hydrogen) atoms. The molecule has 1 atom stereocenters. The van der Waals surface area contributed by atoms with Crippen LogP contribution < -0.4 is 0 Å². The van der Waals surface area contributed by atoms with E-state index in [0.717, 1.165) is 13.0 Å². The third-order valence-electron chi connectivity index (χ3n) is 4.41. The van der Waals surface area contributed by atoms with Gasteiger partial charge in [0.25, 0.3) is 0 Å². The number of unbranched alkanes of at least 4 members (excludes halogenated alkanes) is 5. The minimum Gasteiger partial charge on any atom is -0.464 e. The molecule has 0 aliphatic rings. The number of esters is 1. The highest BCUT2D eigenvalue weighted by atomic mass is 28.4. The van der Waals surface area contributed by atoms with Crippen molar-refractivity contribution >= 4 is 14.5 Å². The van der Waals surface area contributed by atoms with Crippen molar-refractivity contribution in [3.8, 4) is 0 Å². The molecular weight excluding hydrogens is 320 g/mol. The standard InChI is InChI=1S/C19H40O4Si/c1-8-10-11-12-13-14-15-22-24(16(3)4,17(5)6)23-18(7)19(20)21-9-2/h16-18H,8-15H2,1-7H3/t18-/m0/s1. The van der Waals surface area contributed by atoms with Gasteiger partial charge in [-0.3, -0.25) is 0 Å². The second-order valence-electron chi connectivity index (χ2n) is 7.16. The van der Waals surface area contributed by atoms with E-state index in [4.69, 9.17) is 13.6 Å². The van der Waals surface area contributed by atoms with Crippen molar-refractivity contribution in [1.82, 2.24) is 0 Å². The van der Waals surface area contributed by atoms with Crippen molar-refractivity contribution < 1.29 is 18.4 Å². The molecule has 0 amide bonds. The van der Waals surface area contributed by atoms with Crippen molar-refractivity contribution in [2.45, 2.75) is 104 Å². The third-order valence-corrected chi connectivity index (χ3v) is 9.01. The summed E-state index contributed by atoms with van der Waals surface area (Å²) >= 11 is 0. The van der Waals surface area contributed by atoms with E-state index < -0.39 is 14.7 Å². The number of ether oxygens (including phenoxy) is 1. The minimum absolute atomic E-state index is 0.287. The van der Waals surface area contributed by atoms with Crippen molar-refractivity contribution in [2.24, 2.45) is 0 Å². The second kappa shape index (κ2) is 12.9. The Morgan fingerprint density at radius 3 is 1.92 bits per heavy atom. The fraction of sp³-hybridized carbons (Fsp3) is 0.947. The molecule has 144 valence electrons. The first-order valence-electron chi connectivity index (χ1n) is 9.80. The van der Waals surface area contributed by atoms with E-state index >= 15 is 0 Å². The van der Waals surface area contributed by atoms with Gasteiger partial charge in [0.15, 0.2) is 0 Å². The molecule has 0 aliphatic heterocycles. The molecule has 0 aromatic carbocycles. The van der Waals surface area contributed by atoms with Crippen LogP contribution in [-0.2, 0) is 18.4 Å². The van der Waals surface area contributed by atoms with Crippen LogP contribution in [0.1, 0.15) is 87.0 Å². The van der Waals surface area contributed by atoms with Crippen LogP contribution in [0, 0.1) is 0 Å². The molecule has 0 rings (SSSR count). The van der Waals surface area contributed by atoms with Crippen LogP contribution in [-0.4, -0.2) is 33.8 Å². The topological polar surface area (TPSA) is 44.8 Å². The highest BCUT2D eigenvalue weighted by molar-refractivity contribution is 6.70. The van der Waals surface area contributed by atoms with Gasteiger partial charge in [0.2, 0.25) is 0 Å². The monoisotopic (exact) mass is 360 g/mol. The Morgan fingerprint density at radius 2 is 1.42 bits per heavy atom. The molecular formula is C19H40O4Si. The molecule has 0 saturated heterocycles. The normalized spacial score (nSPS) is 13.5. The highest BCUT2D eigenvalue weighted by Gasteiger charge is 2.47. The first kappa shape index (κ1) is 23.6. The maximum absolute atomic E-state index is 12.0. The molecule has 0 N–H and O–H groups in total. The fourth-order valence-corrected chi connectivity index (χ4v) is 6.73. The zero-order chi connectivity index (χ0) is 18.6. The van der Waals surface area contributed by atoms with E-state index in [-0.39, 0.29) is 17.1 Å². The van der Waals surface area contributed by atoms with Gasteiger partial charge in [-0.25, -0.2) is 4.79 Å². The lowest BCUT2D eigenvalue weighted by atomic mass is 10.1. The van der Waals surface area contributed by atoms with E-state index in [1.165, 1.54) is 32.1 Å². The van der Waals surface area contributed by atoms with Crippen molar-refractivity contribution in [2.75, 3.05) is 13.2 Å². The van der Waals surface area contributed by atoms with Crippen molar-refractivity contribution in [1.29, 1.82) is 0 Å². The molecule has 0 aromatic rings. The van der Waals surface area contributed by atoms with Crippen molar-refractivity contribution in [3.63, 3.8) is 0 Å². The van der Waals surface area contributed by atoms with E-state index in [1.807, 2.05) is 6.92 Å². The van der Waals surface area contributed by atoms with Gasteiger partial charge in [0.1, 0.15) is 6.10 Å². The molecule has 0 saturated carbocycles. The summed E-state index contributed by atoms with van der Waals surface area (Å²) in [6.45, 7) is 15.5. The zero-order valence-electron chi connectivity index (χ0n) is 17.0. The van der Waals surface area contributed by atoms with Gasteiger partial charge in [0.05, 0.1) is 6.61 Å². The number of carbonyl (C=O) groups is 1. The van der Waals surface area contributed by atoms with Crippen LogP contribution >= 0.6 is 0 Å². The summed E-state index contributed by atoms with van der Waals surface area (Å²) < 4.78 is 17.7. The number of carbonyl (C=O) groups excluding carboxylic acids is 1. The molecule has 0 aromatic heterocycles. The van der Waals surface area contributed by atoms with Gasteiger partial charge in [-0.15, -0.1) is 0 Å². The minimum atomic E-state index is -2.48. The van der Waals surface area contributed by atoms with Crippen LogP contribution in [0.25, 0.3) is 0 Å². The first-order chi connectivity index (χ1) is 11.3.